The lowest BCUT2D eigenvalue weighted by Crippen LogP contribution is -2.30. The molecular weight excluding hydrogens is 146 g/mol. The van der Waals surface area contributed by atoms with Crippen molar-refractivity contribution in [2.75, 3.05) is 0 Å². The highest BCUT2D eigenvalue weighted by molar-refractivity contribution is 4.91. The second-order valence-corrected chi connectivity index (χ2v) is 4.51. The normalized spacial score (nSPS) is 42.2. The molecule has 2 rings (SSSR count). The van der Waals surface area contributed by atoms with Gasteiger partial charge < -0.3 is 5.32 Å². The van der Waals surface area contributed by atoms with Crippen molar-refractivity contribution in [1.29, 1.82) is 0 Å². The zero-order chi connectivity index (χ0) is 8.39. The summed E-state index contributed by atoms with van der Waals surface area (Å²) < 4.78 is 0. The molecule has 1 heteroatoms. The molecule has 1 saturated carbocycles. The van der Waals surface area contributed by atoms with Crippen LogP contribution in [0.1, 0.15) is 51.9 Å². The first-order chi connectivity index (χ1) is 5.90. The van der Waals surface area contributed by atoms with Crippen molar-refractivity contribution in [3.8, 4) is 0 Å². The molecule has 70 valence electrons. The molecule has 0 radical (unpaired) electrons. The van der Waals surface area contributed by atoms with Crippen molar-refractivity contribution in [2.45, 2.75) is 64.0 Å². The van der Waals surface area contributed by atoms with E-state index in [-0.39, 0.29) is 0 Å². The van der Waals surface area contributed by atoms with Gasteiger partial charge in [0.15, 0.2) is 0 Å². The largest absolute Gasteiger partial charge is 0.311 e. The van der Waals surface area contributed by atoms with Gasteiger partial charge in [-0.25, -0.2) is 0 Å². The average molecular weight is 167 g/mol. The van der Waals surface area contributed by atoms with E-state index in [1.54, 1.807) is 0 Å². The second kappa shape index (κ2) is 3.78. The average Bonchev–Trinajstić information content (AvgIpc) is 2.37. The maximum absolute atomic E-state index is 3.78. The lowest BCUT2D eigenvalue weighted by atomic mass is 9.94. The van der Waals surface area contributed by atoms with Gasteiger partial charge in [-0.3, -0.25) is 0 Å². The Balaban J connectivity index is 1.92. The number of hydrogen-bond acceptors (Lipinski definition) is 1. The highest BCUT2D eigenvalue weighted by atomic mass is 15.0. The van der Waals surface area contributed by atoms with Gasteiger partial charge in [0.2, 0.25) is 0 Å². The summed E-state index contributed by atoms with van der Waals surface area (Å²) >= 11 is 0. The minimum Gasteiger partial charge on any atom is -0.311 e. The summed E-state index contributed by atoms with van der Waals surface area (Å²) in [7, 11) is 0. The van der Waals surface area contributed by atoms with Crippen molar-refractivity contribution < 1.29 is 0 Å². The Bertz CT molecular complexity index is 130. The summed E-state index contributed by atoms with van der Waals surface area (Å²) in [4.78, 5) is 0. The highest BCUT2D eigenvalue weighted by Gasteiger charge is 2.32. The zero-order valence-corrected chi connectivity index (χ0v) is 8.18. The Kier molecular flexibility index (Phi) is 2.69. The Hall–Kier alpha value is -0.0400. The van der Waals surface area contributed by atoms with Gasteiger partial charge >= 0.3 is 0 Å². The Morgan fingerprint density at radius 2 is 2.00 bits per heavy atom. The van der Waals surface area contributed by atoms with Crippen LogP contribution in [0.15, 0.2) is 0 Å². The van der Waals surface area contributed by atoms with Crippen LogP contribution in [-0.2, 0) is 0 Å². The fourth-order valence-corrected chi connectivity index (χ4v) is 2.91. The smallest absolute Gasteiger partial charge is 0.00984 e. The summed E-state index contributed by atoms with van der Waals surface area (Å²) in [5.41, 5.74) is 0. The number of hydrogen-bond donors (Lipinski definition) is 1. The van der Waals surface area contributed by atoms with E-state index in [0.717, 1.165) is 18.0 Å². The summed E-state index contributed by atoms with van der Waals surface area (Å²) in [6.45, 7) is 2.31. The van der Waals surface area contributed by atoms with Crippen LogP contribution in [0.25, 0.3) is 0 Å². The van der Waals surface area contributed by atoms with Gasteiger partial charge in [0.1, 0.15) is 0 Å². The molecule has 0 aromatic carbocycles. The minimum atomic E-state index is 0.845. The Labute approximate surface area is 75.9 Å². The molecule has 3 atom stereocenters. The van der Waals surface area contributed by atoms with Crippen LogP contribution in [0.2, 0.25) is 0 Å². The molecular formula is C11H21N. The molecule has 0 bridgehead atoms. The molecule has 1 aliphatic heterocycles. The molecule has 1 saturated heterocycles. The molecule has 2 aliphatic rings. The van der Waals surface area contributed by atoms with E-state index in [1.807, 2.05) is 0 Å². The third-order valence-corrected chi connectivity index (χ3v) is 3.69. The molecule has 0 aromatic rings. The first-order valence-corrected chi connectivity index (χ1v) is 5.66. The summed E-state index contributed by atoms with van der Waals surface area (Å²) in [6.07, 6.45) is 10.2. The maximum atomic E-state index is 3.78. The standard InChI is InChI=1S/C11H21N/c1-2-10-8-9-6-4-3-5-7-11(9)12-10/h9-12H,2-8H2,1H3/t9-,10-,11+/m0/s1. The van der Waals surface area contributed by atoms with Crippen LogP contribution < -0.4 is 5.32 Å². The lowest BCUT2D eigenvalue weighted by Gasteiger charge is -2.14. The Morgan fingerprint density at radius 1 is 1.17 bits per heavy atom. The van der Waals surface area contributed by atoms with Crippen molar-refractivity contribution >= 4 is 0 Å². The highest BCUT2D eigenvalue weighted by Crippen LogP contribution is 2.32. The van der Waals surface area contributed by atoms with E-state index in [2.05, 4.69) is 12.2 Å². The molecule has 1 aliphatic carbocycles. The first-order valence-electron chi connectivity index (χ1n) is 5.66. The number of rotatable bonds is 1. The van der Waals surface area contributed by atoms with Gasteiger partial charge in [-0.05, 0) is 31.6 Å². The molecule has 1 nitrogen and oxygen atoms in total. The molecule has 12 heavy (non-hydrogen) atoms. The predicted molar refractivity (Wildman–Crippen MR) is 52.2 cm³/mol. The number of fused-ring (bicyclic) bond motifs is 1. The van der Waals surface area contributed by atoms with E-state index >= 15 is 0 Å². The first kappa shape index (κ1) is 8.55. The van der Waals surface area contributed by atoms with Gasteiger partial charge in [-0.2, -0.15) is 0 Å². The molecule has 2 fully saturated rings. The van der Waals surface area contributed by atoms with E-state index < -0.39 is 0 Å². The zero-order valence-electron chi connectivity index (χ0n) is 8.18. The van der Waals surface area contributed by atoms with Crippen molar-refractivity contribution in [1.82, 2.24) is 5.32 Å². The molecule has 1 heterocycles. The monoisotopic (exact) mass is 167 g/mol. The summed E-state index contributed by atoms with van der Waals surface area (Å²) in [5.74, 6) is 1.03. The van der Waals surface area contributed by atoms with Gasteiger partial charge in [-0.1, -0.05) is 26.2 Å². The summed E-state index contributed by atoms with van der Waals surface area (Å²) in [6, 6.07) is 1.73. The van der Waals surface area contributed by atoms with Crippen molar-refractivity contribution in [3.05, 3.63) is 0 Å². The maximum Gasteiger partial charge on any atom is 0.00984 e. The minimum absolute atomic E-state index is 0.845. The van der Waals surface area contributed by atoms with Crippen LogP contribution in [0.3, 0.4) is 0 Å². The molecule has 0 aromatic heterocycles. The molecule has 1 N–H and O–H groups in total. The fourth-order valence-electron chi connectivity index (χ4n) is 2.91. The molecule has 0 amide bonds. The van der Waals surface area contributed by atoms with Crippen LogP contribution in [0, 0.1) is 5.92 Å². The van der Waals surface area contributed by atoms with E-state index in [9.17, 15) is 0 Å². The third kappa shape index (κ3) is 1.66. The molecule has 0 unspecified atom stereocenters. The summed E-state index contributed by atoms with van der Waals surface area (Å²) in [5, 5.41) is 3.78. The van der Waals surface area contributed by atoms with Gasteiger partial charge in [0, 0.05) is 12.1 Å². The molecule has 0 spiro atoms. The van der Waals surface area contributed by atoms with Crippen molar-refractivity contribution in [2.24, 2.45) is 5.92 Å². The topological polar surface area (TPSA) is 12.0 Å². The lowest BCUT2D eigenvalue weighted by molar-refractivity contribution is 0.424. The van der Waals surface area contributed by atoms with Crippen LogP contribution >= 0.6 is 0 Å². The van der Waals surface area contributed by atoms with Crippen LogP contribution in [0.4, 0.5) is 0 Å². The van der Waals surface area contributed by atoms with E-state index in [0.29, 0.717) is 0 Å². The number of nitrogens with one attached hydrogen (secondary N) is 1. The van der Waals surface area contributed by atoms with Gasteiger partial charge in [-0.15, -0.1) is 0 Å². The second-order valence-electron chi connectivity index (χ2n) is 4.51. The SMILES string of the molecule is CC[C@H]1C[C@@H]2CCCCC[C@H]2N1. The third-order valence-electron chi connectivity index (χ3n) is 3.69. The van der Waals surface area contributed by atoms with Gasteiger partial charge in [0.25, 0.3) is 0 Å². The van der Waals surface area contributed by atoms with E-state index in [4.69, 9.17) is 0 Å². The van der Waals surface area contributed by atoms with Crippen molar-refractivity contribution in [3.63, 3.8) is 0 Å². The van der Waals surface area contributed by atoms with Crippen LogP contribution in [-0.4, -0.2) is 12.1 Å². The predicted octanol–water partition coefficient (Wildman–Crippen LogP) is 2.71. The van der Waals surface area contributed by atoms with Gasteiger partial charge in [0.05, 0.1) is 0 Å². The van der Waals surface area contributed by atoms with Crippen LogP contribution in [0.5, 0.6) is 0 Å². The van der Waals surface area contributed by atoms with E-state index in [1.165, 1.54) is 44.9 Å². The fraction of sp³-hybridized carbons (Fsp3) is 1.00. The Morgan fingerprint density at radius 3 is 2.83 bits per heavy atom. The quantitative estimate of drug-likeness (QED) is 0.633.